The quantitative estimate of drug-likeness (QED) is 0.275. The van der Waals surface area contributed by atoms with Gasteiger partial charge in [-0.1, -0.05) is 25.3 Å². The second-order valence-corrected chi connectivity index (χ2v) is 9.43. The van der Waals surface area contributed by atoms with Crippen molar-refractivity contribution in [2.75, 3.05) is 7.11 Å². The van der Waals surface area contributed by atoms with Crippen molar-refractivity contribution in [1.82, 2.24) is 19.9 Å². The molecule has 5 rings (SSSR count). The predicted octanol–water partition coefficient (Wildman–Crippen LogP) is 3.47. The zero-order valence-electron chi connectivity index (χ0n) is 20.8. The Bertz CT molecular complexity index is 1530. The van der Waals surface area contributed by atoms with Crippen molar-refractivity contribution in [3.8, 4) is 23.0 Å². The van der Waals surface area contributed by atoms with Gasteiger partial charge in [-0.25, -0.2) is 4.79 Å². The lowest BCUT2D eigenvalue weighted by atomic mass is 9.83. The number of aromatic hydroxyl groups is 1. The number of nitrogens with one attached hydrogen (secondary N) is 2. The van der Waals surface area contributed by atoms with Gasteiger partial charge in [-0.05, 0) is 48.6 Å². The molecule has 3 heterocycles. The molecule has 0 aliphatic heterocycles. The first-order valence-corrected chi connectivity index (χ1v) is 12.4. The first-order valence-electron chi connectivity index (χ1n) is 12.4. The molecule has 0 radical (unpaired) electrons. The van der Waals surface area contributed by atoms with E-state index in [1.54, 1.807) is 18.2 Å². The highest BCUT2D eigenvalue weighted by Gasteiger charge is 2.28. The number of fused-ring (bicyclic) bond motifs is 1. The van der Waals surface area contributed by atoms with Crippen LogP contribution in [0.3, 0.4) is 0 Å². The van der Waals surface area contributed by atoms with E-state index < -0.39 is 17.9 Å². The number of furan rings is 1. The summed E-state index contributed by atoms with van der Waals surface area (Å²) in [6, 6.07) is 8.09. The molecule has 1 aromatic carbocycles. The molecule has 0 saturated heterocycles. The van der Waals surface area contributed by atoms with E-state index in [0.717, 1.165) is 36.6 Å². The molecule has 38 heavy (non-hydrogen) atoms. The number of carboxylic acid groups (broad SMARTS) is 1. The molecule has 1 aliphatic rings. The predicted molar refractivity (Wildman–Crippen MR) is 137 cm³/mol. The van der Waals surface area contributed by atoms with Crippen molar-refractivity contribution in [1.29, 1.82) is 0 Å². The third-order valence-electron chi connectivity index (χ3n) is 6.96. The number of carbonyl (C=O) groups excluding carboxylic acids is 1. The third kappa shape index (κ3) is 4.86. The highest BCUT2D eigenvalue weighted by atomic mass is 16.5. The van der Waals surface area contributed by atoms with Crippen LogP contribution in [-0.4, -0.2) is 49.8 Å². The Labute approximate surface area is 217 Å². The SMILES string of the molecule is COc1cc(CC(NC(=O)c2cc3[nH]c(-c4ccco4)c(C4CCCCC4)c(=O)n3n2)C(=O)O)ccc1O. The number of carbonyl (C=O) groups is 2. The summed E-state index contributed by atoms with van der Waals surface area (Å²) in [4.78, 5) is 41.8. The Hall–Kier alpha value is -4.54. The summed E-state index contributed by atoms with van der Waals surface area (Å²) in [6.45, 7) is 0. The van der Waals surface area contributed by atoms with Crippen LogP contribution in [0.5, 0.6) is 11.5 Å². The summed E-state index contributed by atoms with van der Waals surface area (Å²) in [5, 5.41) is 26.2. The van der Waals surface area contributed by atoms with Crippen LogP contribution in [-0.2, 0) is 11.2 Å². The number of aliphatic carboxylic acids is 1. The second-order valence-electron chi connectivity index (χ2n) is 9.43. The zero-order valence-corrected chi connectivity index (χ0v) is 20.8. The molecule has 3 aromatic heterocycles. The molecule has 11 nitrogen and oxygen atoms in total. The van der Waals surface area contributed by atoms with Crippen molar-refractivity contribution < 1.29 is 29.0 Å². The normalized spacial score (nSPS) is 14.9. The number of rotatable bonds is 8. The van der Waals surface area contributed by atoms with Crippen molar-refractivity contribution in [2.45, 2.75) is 50.5 Å². The van der Waals surface area contributed by atoms with Gasteiger partial charge in [-0.15, -0.1) is 0 Å². The van der Waals surface area contributed by atoms with Crippen LogP contribution in [0.15, 0.2) is 51.9 Å². The van der Waals surface area contributed by atoms with Gasteiger partial charge in [-0.3, -0.25) is 9.59 Å². The molecule has 4 N–H and O–H groups in total. The minimum atomic E-state index is -1.28. The summed E-state index contributed by atoms with van der Waals surface area (Å²) in [6.07, 6.45) is 6.40. The van der Waals surface area contributed by atoms with E-state index in [1.165, 1.54) is 31.6 Å². The number of benzene rings is 1. The maximum absolute atomic E-state index is 13.6. The Balaban J connectivity index is 1.47. The van der Waals surface area contributed by atoms with Gasteiger partial charge in [0.15, 0.2) is 23.0 Å². The van der Waals surface area contributed by atoms with E-state index in [9.17, 15) is 24.6 Å². The van der Waals surface area contributed by atoms with Crippen LogP contribution >= 0.6 is 0 Å². The molecular formula is C27H28N4O7. The topological polar surface area (TPSA) is 159 Å². The lowest BCUT2D eigenvalue weighted by molar-refractivity contribution is -0.139. The van der Waals surface area contributed by atoms with Crippen LogP contribution in [0.2, 0.25) is 0 Å². The van der Waals surface area contributed by atoms with Crippen molar-refractivity contribution >= 4 is 17.5 Å². The van der Waals surface area contributed by atoms with Gasteiger partial charge in [0.2, 0.25) is 0 Å². The number of ether oxygens (including phenoxy) is 1. The molecule has 1 fully saturated rings. The number of phenolic OH excluding ortho intramolecular Hbond substituents is 1. The molecular weight excluding hydrogens is 492 g/mol. The van der Waals surface area contributed by atoms with E-state index >= 15 is 0 Å². The van der Waals surface area contributed by atoms with Crippen molar-refractivity contribution in [3.05, 3.63) is 69.8 Å². The van der Waals surface area contributed by atoms with Crippen LogP contribution in [0, 0.1) is 0 Å². The van der Waals surface area contributed by atoms with Crippen LogP contribution in [0.25, 0.3) is 17.1 Å². The Kier molecular flexibility index (Phi) is 6.91. The van der Waals surface area contributed by atoms with Crippen LogP contribution < -0.4 is 15.6 Å². The van der Waals surface area contributed by atoms with E-state index in [1.807, 2.05) is 0 Å². The monoisotopic (exact) mass is 520 g/mol. The van der Waals surface area contributed by atoms with Gasteiger partial charge in [-0.2, -0.15) is 9.61 Å². The highest BCUT2D eigenvalue weighted by Crippen LogP contribution is 2.36. The molecule has 1 amide bonds. The van der Waals surface area contributed by atoms with E-state index in [-0.39, 0.29) is 35.1 Å². The number of amides is 1. The molecule has 1 atom stereocenters. The molecule has 198 valence electrons. The van der Waals surface area contributed by atoms with E-state index in [2.05, 4.69) is 15.4 Å². The Morgan fingerprint density at radius 3 is 2.71 bits per heavy atom. The number of aromatic nitrogens is 3. The maximum atomic E-state index is 13.6. The average Bonchev–Trinajstić information content (AvgIpc) is 3.60. The lowest BCUT2D eigenvalue weighted by Crippen LogP contribution is -2.42. The van der Waals surface area contributed by atoms with Gasteiger partial charge >= 0.3 is 5.97 Å². The molecule has 1 saturated carbocycles. The minimum Gasteiger partial charge on any atom is -0.504 e. The minimum absolute atomic E-state index is 0.0390. The number of methoxy groups -OCH3 is 1. The van der Waals surface area contributed by atoms with Gasteiger partial charge in [0.25, 0.3) is 11.5 Å². The number of hydrogen-bond donors (Lipinski definition) is 4. The van der Waals surface area contributed by atoms with Crippen molar-refractivity contribution in [3.63, 3.8) is 0 Å². The third-order valence-corrected chi connectivity index (χ3v) is 6.96. The maximum Gasteiger partial charge on any atom is 0.326 e. The fourth-order valence-electron chi connectivity index (χ4n) is 5.05. The molecule has 11 heteroatoms. The zero-order chi connectivity index (χ0) is 26.8. The average molecular weight is 521 g/mol. The number of phenols is 1. The molecule has 4 aromatic rings. The molecule has 0 bridgehead atoms. The Morgan fingerprint density at radius 2 is 2.03 bits per heavy atom. The number of nitrogens with zero attached hydrogens (tertiary/aromatic N) is 2. The number of H-pyrrole nitrogens is 1. The van der Waals surface area contributed by atoms with E-state index in [4.69, 9.17) is 9.15 Å². The van der Waals surface area contributed by atoms with Crippen LogP contribution in [0.4, 0.5) is 0 Å². The standard InChI is InChI=1S/C27H28N4O7/c1-37-21-13-15(9-10-19(21)32)12-18(27(35)36)28-25(33)17-14-22-29-24(20-8-5-11-38-20)23(26(34)31(22)30-17)16-6-3-2-4-7-16/h5,8-11,13-14,16,18,29,32H,2-4,6-7,12H2,1H3,(H,28,33)(H,35,36). The molecule has 1 aliphatic carbocycles. The first-order chi connectivity index (χ1) is 18.4. The van der Waals surface area contributed by atoms with Gasteiger partial charge in [0.05, 0.1) is 19.1 Å². The second kappa shape index (κ2) is 10.4. The van der Waals surface area contributed by atoms with Crippen molar-refractivity contribution in [2.24, 2.45) is 0 Å². The molecule has 1 unspecified atom stereocenters. The van der Waals surface area contributed by atoms with E-state index in [0.29, 0.717) is 28.2 Å². The highest BCUT2D eigenvalue weighted by molar-refractivity contribution is 5.96. The summed E-state index contributed by atoms with van der Waals surface area (Å²) < 4.78 is 11.8. The van der Waals surface area contributed by atoms with Gasteiger partial charge < -0.3 is 29.7 Å². The molecule has 0 spiro atoms. The summed E-state index contributed by atoms with van der Waals surface area (Å²) in [7, 11) is 1.39. The number of aromatic amines is 1. The summed E-state index contributed by atoms with van der Waals surface area (Å²) >= 11 is 0. The smallest absolute Gasteiger partial charge is 0.326 e. The first kappa shape index (κ1) is 25.1. The number of carboxylic acids is 1. The largest absolute Gasteiger partial charge is 0.504 e. The number of hydrogen-bond acceptors (Lipinski definition) is 7. The Morgan fingerprint density at radius 1 is 1.24 bits per heavy atom. The fourth-order valence-corrected chi connectivity index (χ4v) is 5.05. The fraction of sp³-hybridized carbons (Fsp3) is 0.333. The summed E-state index contributed by atoms with van der Waals surface area (Å²) in [5.41, 5.74) is 1.54. The van der Waals surface area contributed by atoms with Crippen LogP contribution in [0.1, 0.15) is 59.6 Å². The summed E-state index contributed by atoms with van der Waals surface area (Å²) in [5.74, 6) is -1.31. The lowest BCUT2D eigenvalue weighted by Gasteiger charge is -2.23. The van der Waals surface area contributed by atoms with Gasteiger partial charge in [0.1, 0.15) is 11.7 Å². The van der Waals surface area contributed by atoms with Gasteiger partial charge in [0, 0.05) is 18.1 Å².